The van der Waals surface area contributed by atoms with Gasteiger partial charge in [0.2, 0.25) is 0 Å². The Bertz CT molecular complexity index is 3530. The van der Waals surface area contributed by atoms with Crippen LogP contribution in [0, 0.1) is 0 Å². The van der Waals surface area contributed by atoms with E-state index in [1.165, 1.54) is 48.3 Å². The second kappa shape index (κ2) is 15.2. The fourth-order valence-electron chi connectivity index (χ4n) is 9.72. The topological polar surface area (TPSA) is 77.3 Å². The van der Waals surface area contributed by atoms with Crippen LogP contribution in [0.5, 0.6) is 0 Å². The van der Waals surface area contributed by atoms with Crippen LogP contribution in [0.1, 0.15) is 45.2 Å². The summed E-state index contributed by atoms with van der Waals surface area (Å²) in [5.74, 6) is 3.95. The van der Waals surface area contributed by atoms with Gasteiger partial charge in [0.25, 0.3) is 0 Å². The molecule has 2 bridgehead atoms. The summed E-state index contributed by atoms with van der Waals surface area (Å²) in [4.78, 5) is 31.9. The van der Waals surface area contributed by atoms with E-state index in [9.17, 15) is 0 Å². The van der Waals surface area contributed by atoms with Crippen molar-refractivity contribution in [1.29, 1.82) is 0 Å². The predicted octanol–water partition coefficient (Wildman–Crippen LogP) is 13.9. The molecule has 7 heteroatoms. The number of hydrogen-bond acceptors (Lipinski definition) is 7. The van der Waals surface area contributed by atoms with Gasteiger partial charge in [-0.15, -0.1) is 11.3 Å². The molecule has 65 heavy (non-hydrogen) atoms. The first kappa shape index (κ1) is 37.3. The molecule has 0 saturated heterocycles. The summed E-state index contributed by atoms with van der Waals surface area (Å²) in [6.45, 7) is 0. The molecule has 2 atom stereocenters. The number of thiophene rings is 1. The summed E-state index contributed by atoms with van der Waals surface area (Å²) in [6.07, 6.45) is 0. The lowest BCUT2D eigenvalue weighted by Gasteiger charge is -2.42. The fraction of sp³-hybridized carbons (Fsp3) is 0.0345. The van der Waals surface area contributed by atoms with Gasteiger partial charge in [0.05, 0.1) is 0 Å². The largest absolute Gasteiger partial charge is 0.208 e. The van der Waals surface area contributed by atoms with E-state index in [1.54, 1.807) is 11.3 Å². The molecular weight excluding hydrogens is 813 g/mol. The van der Waals surface area contributed by atoms with Crippen molar-refractivity contribution in [2.45, 2.75) is 11.8 Å². The van der Waals surface area contributed by atoms with Gasteiger partial charge in [-0.05, 0) is 74.7 Å². The lowest BCUT2D eigenvalue weighted by atomic mass is 9.61. The van der Waals surface area contributed by atoms with Gasteiger partial charge in [-0.2, -0.15) is 0 Å². The summed E-state index contributed by atoms with van der Waals surface area (Å²) >= 11 is 1.80. The first-order chi connectivity index (χ1) is 32.2. The Morgan fingerprint density at radius 2 is 0.631 bits per heavy atom. The van der Waals surface area contributed by atoms with Gasteiger partial charge < -0.3 is 0 Å². The second-order valence-corrected chi connectivity index (χ2v) is 17.7. The summed E-state index contributed by atoms with van der Waals surface area (Å²) in [5.41, 5.74) is 14.7. The molecule has 6 nitrogen and oxygen atoms in total. The van der Waals surface area contributed by atoms with Crippen molar-refractivity contribution >= 4 is 21.4 Å². The normalized spacial score (nSPS) is 14.5. The third kappa shape index (κ3) is 6.47. The molecule has 8 aromatic carbocycles. The zero-order valence-corrected chi connectivity index (χ0v) is 35.7. The minimum atomic E-state index is 0.0289. The SMILES string of the molecule is c1ccc(-c2nc(-c3ccccc3)nc(-c3ccc4c(c3)C3c5ccccc5C4c4cc(-c5nc(-c6ccccc6)nc(-c6cccc(-c7cc8ccccc8s7)c6)n5)ccc43)n2)cc1. The highest BCUT2D eigenvalue weighted by atomic mass is 32.1. The maximum Gasteiger partial charge on any atom is 0.164 e. The highest BCUT2D eigenvalue weighted by Crippen LogP contribution is 2.56. The van der Waals surface area contributed by atoms with E-state index < -0.39 is 0 Å². The van der Waals surface area contributed by atoms with Crippen LogP contribution >= 0.6 is 11.3 Å². The summed E-state index contributed by atoms with van der Waals surface area (Å²) in [7, 11) is 0. The summed E-state index contributed by atoms with van der Waals surface area (Å²) < 4.78 is 1.27. The van der Waals surface area contributed by atoms with Crippen LogP contribution in [-0.4, -0.2) is 29.9 Å². The molecule has 0 fully saturated rings. The number of aromatic nitrogens is 6. The number of hydrogen-bond donors (Lipinski definition) is 0. The number of benzene rings is 8. The molecule has 3 aliphatic carbocycles. The van der Waals surface area contributed by atoms with Gasteiger partial charge in [0.1, 0.15) is 0 Å². The van der Waals surface area contributed by atoms with Crippen LogP contribution in [0.3, 0.4) is 0 Å². The van der Waals surface area contributed by atoms with Crippen molar-refractivity contribution < 1.29 is 0 Å². The monoisotopic (exact) mass is 848 g/mol. The van der Waals surface area contributed by atoms with Crippen molar-refractivity contribution in [2.75, 3.05) is 0 Å². The van der Waals surface area contributed by atoms with Crippen LogP contribution in [0.15, 0.2) is 206 Å². The lowest BCUT2D eigenvalue weighted by Crippen LogP contribution is -2.27. The van der Waals surface area contributed by atoms with E-state index in [0.29, 0.717) is 34.9 Å². The van der Waals surface area contributed by atoms with E-state index in [0.717, 1.165) is 38.9 Å². The van der Waals surface area contributed by atoms with Crippen molar-refractivity contribution in [3.05, 3.63) is 240 Å². The smallest absolute Gasteiger partial charge is 0.164 e. The zero-order valence-electron chi connectivity index (χ0n) is 34.9. The van der Waals surface area contributed by atoms with Gasteiger partial charge in [-0.3, -0.25) is 0 Å². The maximum absolute atomic E-state index is 5.24. The van der Waals surface area contributed by atoms with Crippen molar-refractivity contribution in [2.24, 2.45) is 0 Å². The van der Waals surface area contributed by atoms with Crippen LogP contribution in [0.25, 0.3) is 88.9 Å². The highest BCUT2D eigenvalue weighted by molar-refractivity contribution is 7.22. The molecule has 304 valence electrons. The van der Waals surface area contributed by atoms with E-state index >= 15 is 0 Å². The summed E-state index contributed by atoms with van der Waals surface area (Å²) in [6, 6.07) is 72.4. The Labute approximate surface area is 379 Å². The molecule has 3 heterocycles. The molecule has 3 aliphatic rings. The van der Waals surface area contributed by atoms with Gasteiger partial charge >= 0.3 is 0 Å². The van der Waals surface area contributed by atoms with Crippen molar-refractivity contribution in [1.82, 2.24) is 29.9 Å². The van der Waals surface area contributed by atoms with Crippen LogP contribution < -0.4 is 0 Å². The molecule has 0 saturated carbocycles. The summed E-state index contributed by atoms with van der Waals surface area (Å²) in [5, 5.41) is 1.25. The van der Waals surface area contributed by atoms with E-state index in [4.69, 9.17) is 29.9 Å². The first-order valence-corrected chi connectivity index (χ1v) is 22.7. The van der Waals surface area contributed by atoms with Gasteiger partial charge in [-0.25, -0.2) is 29.9 Å². The van der Waals surface area contributed by atoms with Crippen LogP contribution in [0.2, 0.25) is 0 Å². The van der Waals surface area contributed by atoms with E-state index in [2.05, 4.69) is 127 Å². The Morgan fingerprint density at radius 1 is 0.262 bits per heavy atom. The minimum absolute atomic E-state index is 0.0289. The highest BCUT2D eigenvalue weighted by Gasteiger charge is 2.41. The Kier molecular flexibility index (Phi) is 8.74. The Morgan fingerprint density at radius 3 is 1.11 bits per heavy atom. The maximum atomic E-state index is 5.24. The third-order valence-corrected chi connectivity index (χ3v) is 13.9. The van der Waals surface area contributed by atoms with Crippen LogP contribution in [-0.2, 0) is 0 Å². The molecule has 0 spiro atoms. The minimum Gasteiger partial charge on any atom is -0.208 e. The standard InChI is InChI=1S/C58H36N6S/c1-4-15-35(16-5-1)53-59-54(36-17-6-2-7-18-36)62-57(61-53)41-27-29-45-47(32-41)51-43-24-11-12-25-44(43)52(45)48-33-42(28-30-46(48)51)58-63-55(37-19-8-3-9-20-37)60-56(64-58)40-23-14-22-38(31-40)50-34-39-21-10-13-26-49(39)65-50/h1-34,51-52H. The van der Waals surface area contributed by atoms with Crippen LogP contribution in [0.4, 0.5) is 0 Å². The number of rotatable bonds is 7. The van der Waals surface area contributed by atoms with Crippen molar-refractivity contribution in [3.8, 4) is 78.8 Å². The Balaban J connectivity index is 0.924. The Hall–Kier alpha value is -8.26. The van der Waals surface area contributed by atoms with Gasteiger partial charge in [-0.1, -0.05) is 176 Å². The molecule has 14 rings (SSSR count). The van der Waals surface area contributed by atoms with E-state index in [-0.39, 0.29) is 11.8 Å². The first-order valence-electron chi connectivity index (χ1n) is 21.8. The lowest BCUT2D eigenvalue weighted by molar-refractivity contribution is 0.754. The molecule has 0 radical (unpaired) electrons. The molecule has 0 N–H and O–H groups in total. The number of fused-ring (bicyclic) bond motifs is 1. The predicted molar refractivity (Wildman–Crippen MR) is 261 cm³/mol. The molecule has 0 aliphatic heterocycles. The zero-order chi connectivity index (χ0) is 42.8. The second-order valence-electron chi connectivity index (χ2n) is 16.6. The van der Waals surface area contributed by atoms with E-state index in [1.807, 2.05) is 78.9 Å². The average molecular weight is 849 g/mol. The molecule has 11 aromatic rings. The molecule has 3 aromatic heterocycles. The van der Waals surface area contributed by atoms with Gasteiger partial charge in [0.15, 0.2) is 34.9 Å². The fourth-order valence-corrected chi connectivity index (χ4v) is 10.8. The van der Waals surface area contributed by atoms with Crippen molar-refractivity contribution in [3.63, 3.8) is 0 Å². The quantitative estimate of drug-likeness (QED) is 0.159. The molecule has 0 amide bonds. The molecular formula is C58H36N6S. The number of nitrogens with zero attached hydrogens (tertiary/aromatic N) is 6. The third-order valence-electron chi connectivity index (χ3n) is 12.7. The molecule has 2 unspecified atom stereocenters. The van der Waals surface area contributed by atoms with Gasteiger partial charge in [0, 0.05) is 54.8 Å². The average Bonchev–Trinajstić information content (AvgIpc) is 3.84.